The molecule has 7 nitrogen and oxygen atoms in total. The number of hydrazone groups is 1. The maximum absolute atomic E-state index is 12.0. The first kappa shape index (κ1) is 19.0. The highest BCUT2D eigenvalue weighted by Gasteiger charge is 2.07. The van der Waals surface area contributed by atoms with Crippen molar-refractivity contribution in [1.82, 2.24) is 9.97 Å². The number of benzene rings is 2. The van der Waals surface area contributed by atoms with Crippen LogP contribution in [-0.2, 0) is 0 Å². The van der Waals surface area contributed by atoms with Crippen molar-refractivity contribution < 1.29 is 9.53 Å². The van der Waals surface area contributed by atoms with Crippen LogP contribution in [0.5, 0.6) is 5.75 Å². The molecule has 0 atom stereocenters. The van der Waals surface area contributed by atoms with Crippen LogP contribution in [0.25, 0.3) is 0 Å². The molecule has 0 saturated carbocycles. The molecule has 0 bridgehead atoms. The molecule has 0 spiro atoms. The van der Waals surface area contributed by atoms with Crippen molar-refractivity contribution in [3.63, 3.8) is 0 Å². The number of carbonyl (C=O) groups excluding carboxylic acids is 1. The number of esters is 1. The van der Waals surface area contributed by atoms with E-state index in [0.717, 1.165) is 5.56 Å². The first-order chi connectivity index (χ1) is 13.5. The van der Waals surface area contributed by atoms with Gasteiger partial charge in [-0.2, -0.15) is 5.10 Å². The van der Waals surface area contributed by atoms with Gasteiger partial charge in [-0.25, -0.2) is 15.2 Å². The monoisotopic (exact) mass is 376 g/mol. The first-order valence-corrected chi connectivity index (χ1v) is 8.79. The summed E-state index contributed by atoms with van der Waals surface area (Å²) >= 11 is 0. The van der Waals surface area contributed by atoms with Gasteiger partial charge in [-0.05, 0) is 47.9 Å². The minimum Gasteiger partial charge on any atom is -0.423 e. The Kier molecular flexibility index (Phi) is 5.96. The normalized spacial score (nSPS) is 11.0. The smallest absolute Gasteiger partial charge is 0.343 e. The van der Waals surface area contributed by atoms with Gasteiger partial charge in [0.1, 0.15) is 5.75 Å². The van der Waals surface area contributed by atoms with Crippen molar-refractivity contribution >= 4 is 18.1 Å². The van der Waals surface area contributed by atoms with Crippen molar-refractivity contribution in [3.8, 4) is 5.75 Å². The lowest BCUT2D eigenvalue weighted by Gasteiger charge is -2.06. The van der Waals surface area contributed by atoms with E-state index in [0.29, 0.717) is 17.0 Å². The number of anilines is 1. The van der Waals surface area contributed by atoms with Crippen molar-refractivity contribution in [3.05, 3.63) is 87.8 Å². The number of carbonyl (C=O) groups is 1. The van der Waals surface area contributed by atoms with Crippen LogP contribution in [0.15, 0.2) is 70.6 Å². The molecule has 0 radical (unpaired) electrons. The topological polar surface area (TPSA) is 96.4 Å². The van der Waals surface area contributed by atoms with Crippen LogP contribution < -0.4 is 15.7 Å². The quantitative estimate of drug-likeness (QED) is 0.297. The number of ether oxygens (including phenoxy) is 1. The zero-order valence-corrected chi connectivity index (χ0v) is 15.5. The molecule has 0 unspecified atom stereocenters. The lowest BCUT2D eigenvalue weighted by molar-refractivity contribution is 0.0735. The molecule has 7 heteroatoms. The molecule has 1 heterocycles. The van der Waals surface area contributed by atoms with E-state index in [9.17, 15) is 9.59 Å². The van der Waals surface area contributed by atoms with Crippen LogP contribution in [-0.4, -0.2) is 22.2 Å². The third kappa shape index (κ3) is 5.14. The molecule has 3 aromatic rings. The summed E-state index contributed by atoms with van der Waals surface area (Å²) in [7, 11) is 0. The predicted molar refractivity (Wildman–Crippen MR) is 108 cm³/mol. The standard InChI is InChI=1S/C21H20N4O3/c1-14(2)18-12-19(26)24-21(23-18)25-22-13-15-8-10-17(11-9-15)28-20(27)16-6-4-3-5-7-16/h3-14H,1-2H3,(H2,23,24,25,26)/b22-13-. The molecule has 0 aliphatic rings. The molecule has 0 aliphatic carbocycles. The lowest BCUT2D eigenvalue weighted by Crippen LogP contribution is -2.12. The third-order valence-electron chi connectivity index (χ3n) is 3.84. The van der Waals surface area contributed by atoms with Crippen molar-refractivity contribution in [1.29, 1.82) is 0 Å². The Labute approximate surface area is 162 Å². The average molecular weight is 376 g/mol. The van der Waals surface area contributed by atoms with Crippen LogP contribution in [0, 0.1) is 0 Å². The van der Waals surface area contributed by atoms with Gasteiger partial charge in [0.15, 0.2) is 0 Å². The Morgan fingerprint density at radius 2 is 1.86 bits per heavy atom. The Morgan fingerprint density at radius 3 is 2.54 bits per heavy atom. The number of H-pyrrole nitrogens is 1. The summed E-state index contributed by atoms with van der Waals surface area (Å²) < 4.78 is 5.33. The second-order valence-corrected chi connectivity index (χ2v) is 6.37. The molecular weight excluding hydrogens is 356 g/mol. The van der Waals surface area contributed by atoms with E-state index >= 15 is 0 Å². The maximum Gasteiger partial charge on any atom is 0.343 e. The van der Waals surface area contributed by atoms with Crippen molar-refractivity contribution in [2.75, 3.05) is 5.43 Å². The molecule has 2 N–H and O–H groups in total. The first-order valence-electron chi connectivity index (χ1n) is 8.79. The van der Waals surface area contributed by atoms with E-state index in [2.05, 4.69) is 20.5 Å². The van der Waals surface area contributed by atoms with Crippen LogP contribution in [0.1, 0.15) is 41.4 Å². The molecule has 0 fully saturated rings. The van der Waals surface area contributed by atoms with Crippen LogP contribution >= 0.6 is 0 Å². The van der Waals surface area contributed by atoms with Crippen molar-refractivity contribution in [2.45, 2.75) is 19.8 Å². The number of hydrogen-bond acceptors (Lipinski definition) is 6. The number of aromatic nitrogens is 2. The van der Waals surface area contributed by atoms with Gasteiger partial charge in [0.05, 0.1) is 17.5 Å². The molecule has 0 aliphatic heterocycles. The van der Waals surface area contributed by atoms with Gasteiger partial charge in [-0.3, -0.25) is 9.78 Å². The molecule has 3 rings (SSSR count). The zero-order chi connectivity index (χ0) is 19.9. The highest BCUT2D eigenvalue weighted by molar-refractivity contribution is 5.91. The Morgan fingerprint density at radius 1 is 1.14 bits per heavy atom. The average Bonchev–Trinajstić information content (AvgIpc) is 2.69. The summed E-state index contributed by atoms with van der Waals surface area (Å²) in [5.74, 6) is 0.442. The van der Waals surface area contributed by atoms with Gasteiger partial charge in [-0.1, -0.05) is 32.0 Å². The molecule has 0 saturated heterocycles. The SMILES string of the molecule is CC(C)c1cc(=O)[nH]c(N/N=C\c2ccc(OC(=O)c3ccccc3)cc2)n1. The molecule has 2 aromatic carbocycles. The molecule has 0 amide bonds. The molecule has 28 heavy (non-hydrogen) atoms. The van der Waals surface area contributed by atoms with Gasteiger partial charge in [0, 0.05) is 6.07 Å². The van der Waals surface area contributed by atoms with E-state index in [-0.39, 0.29) is 17.4 Å². The number of nitrogens with one attached hydrogen (secondary N) is 2. The van der Waals surface area contributed by atoms with Gasteiger partial charge in [-0.15, -0.1) is 0 Å². The van der Waals surface area contributed by atoms with E-state index in [4.69, 9.17) is 4.74 Å². The number of rotatable bonds is 6. The Balaban J connectivity index is 1.61. The van der Waals surface area contributed by atoms with Gasteiger partial charge < -0.3 is 4.74 Å². The summed E-state index contributed by atoms with van der Waals surface area (Å²) in [6, 6.07) is 17.1. The van der Waals surface area contributed by atoms with Gasteiger partial charge in [0.25, 0.3) is 5.56 Å². The fourth-order valence-corrected chi connectivity index (χ4v) is 2.36. The Hall–Kier alpha value is -3.74. The highest BCUT2D eigenvalue weighted by atomic mass is 16.5. The van der Waals surface area contributed by atoms with Crippen LogP contribution in [0.2, 0.25) is 0 Å². The van der Waals surface area contributed by atoms with E-state index in [1.165, 1.54) is 6.07 Å². The fourth-order valence-electron chi connectivity index (χ4n) is 2.36. The summed E-state index contributed by atoms with van der Waals surface area (Å²) in [6.45, 7) is 3.92. The van der Waals surface area contributed by atoms with E-state index in [1.807, 2.05) is 19.9 Å². The minimum absolute atomic E-state index is 0.137. The molecular formula is C21H20N4O3. The molecule has 142 valence electrons. The lowest BCUT2D eigenvalue weighted by atomic mass is 10.1. The maximum atomic E-state index is 12.0. The van der Waals surface area contributed by atoms with E-state index < -0.39 is 5.97 Å². The second kappa shape index (κ2) is 8.77. The number of aromatic amines is 1. The van der Waals surface area contributed by atoms with E-state index in [1.54, 1.807) is 54.7 Å². The second-order valence-electron chi connectivity index (χ2n) is 6.37. The van der Waals surface area contributed by atoms with Crippen LogP contribution in [0.4, 0.5) is 5.95 Å². The van der Waals surface area contributed by atoms with Crippen molar-refractivity contribution in [2.24, 2.45) is 5.10 Å². The Bertz CT molecular complexity index is 1030. The van der Waals surface area contributed by atoms with Gasteiger partial charge >= 0.3 is 5.97 Å². The summed E-state index contributed by atoms with van der Waals surface area (Å²) in [5, 5.41) is 4.08. The summed E-state index contributed by atoms with van der Waals surface area (Å²) in [4.78, 5) is 30.6. The van der Waals surface area contributed by atoms with Gasteiger partial charge in [0.2, 0.25) is 5.95 Å². The summed E-state index contributed by atoms with van der Waals surface area (Å²) in [6.07, 6.45) is 1.57. The summed E-state index contributed by atoms with van der Waals surface area (Å²) in [5.41, 5.74) is 4.44. The highest BCUT2D eigenvalue weighted by Crippen LogP contribution is 2.14. The van der Waals surface area contributed by atoms with Crippen LogP contribution in [0.3, 0.4) is 0 Å². The largest absolute Gasteiger partial charge is 0.423 e. The number of nitrogens with zero attached hydrogens (tertiary/aromatic N) is 2. The molecule has 1 aromatic heterocycles. The number of hydrogen-bond donors (Lipinski definition) is 2. The fraction of sp³-hybridized carbons (Fsp3) is 0.143. The predicted octanol–water partition coefficient (Wildman–Crippen LogP) is 3.56. The zero-order valence-electron chi connectivity index (χ0n) is 15.5. The third-order valence-corrected chi connectivity index (χ3v) is 3.84. The minimum atomic E-state index is -0.413.